The van der Waals surface area contributed by atoms with Gasteiger partial charge < -0.3 is 14.7 Å². The fourth-order valence-corrected chi connectivity index (χ4v) is 2.29. The fourth-order valence-electron chi connectivity index (χ4n) is 2.29. The lowest BCUT2D eigenvalue weighted by molar-refractivity contribution is -0.385. The van der Waals surface area contributed by atoms with Gasteiger partial charge in [0.2, 0.25) is 5.91 Å². The number of morpholine rings is 1. The van der Waals surface area contributed by atoms with E-state index in [1.165, 1.54) is 4.90 Å². The normalized spacial score (nSPS) is 21.0. The number of rotatable bonds is 4. The molecule has 0 radical (unpaired) electrons. The van der Waals surface area contributed by atoms with Gasteiger partial charge in [-0.2, -0.15) is 0 Å². The van der Waals surface area contributed by atoms with Gasteiger partial charge in [-0.3, -0.25) is 24.3 Å². The number of carbonyl (C=O) groups excluding carboxylic acids is 1. The summed E-state index contributed by atoms with van der Waals surface area (Å²) in [6, 6.07) is 2.06. The second-order valence-electron chi connectivity index (χ2n) is 5.18. The molecule has 1 unspecified atom stereocenters. The summed E-state index contributed by atoms with van der Waals surface area (Å²) in [7, 11) is 0. The van der Waals surface area contributed by atoms with Crippen LogP contribution in [0.15, 0.2) is 23.1 Å². The van der Waals surface area contributed by atoms with Crippen molar-refractivity contribution in [2.75, 3.05) is 13.1 Å². The van der Waals surface area contributed by atoms with E-state index in [2.05, 4.69) is 0 Å². The van der Waals surface area contributed by atoms with Crippen LogP contribution in [0.2, 0.25) is 0 Å². The largest absolute Gasteiger partial charge is 0.479 e. The van der Waals surface area contributed by atoms with Gasteiger partial charge in [-0.1, -0.05) is 0 Å². The number of amides is 1. The first-order chi connectivity index (χ1) is 10.8. The van der Waals surface area contributed by atoms with Crippen molar-refractivity contribution in [1.29, 1.82) is 0 Å². The maximum Gasteiger partial charge on any atom is 0.334 e. The second kappa shape index (κ2) is 6.57. The van der Waals surface area contributed by atoms with Crippen LogP contribution in [-0.2, 0) is 20.9 Å². The standard InChI is InChI=1S/C13H15N3O7/c1-8-4-14(6-10(23-8)13(19)20)12(18)7-15-5-9(16(21)22)2-3-11(15)17/h2-3,5,8,10H,4,6-7H2,1H3,(H,19,20)/t8-,10?/m1/s1. The van der Waals surface area contributed by atoms with Crippen molar-refractivity contribution in [3.8, 4) is 0 Å². The van der Waals surface area contributed by atoms with Crippen LogP contribution in [0.1, 0.15) is 6.92 Å². The monoisotopic (exact) mass is 325 g/mol. The Morgan fingerprint density at radius 2 is 2.13 bits per heavy atom. The van der Waals surface area contributed by atoms with Crippen molar-refractivity contribution < 1.29 is 24.4 Å². The van der Waals surface area contributed by atoms with Crippen molar-refractivity contribution in [3.05, 3.63) is 38.8 Å². The molecule has 0 spiro atoms. The number of ether oxygens (including phenoxy) is 1. The molecule has 2 atom stereocenters. The van der Waals surface area contributed by atoms with Crippen molar-refractivity contribution >= 4 is 17.6 Å². The molecule has 0 saturated carbocycles. The van der Waals surface area contributed by atoms with Crippen molar-refractivity contribution in [1.82, 2.24) is 9.47 Å². The molecule has 2 heterocycles. The Hall–Kier alpha value is -2.75. The highest BCUT2D eigenvalue weighted by Crippen LogP contribution is 2.13. The van der Waals surface area contributed by atoms with Crippen LogP contribution in [0.4, 0.5) is 5.69 Å². The molecule has 10 heteroatoms. The molecule has 2 rings (SSSR count). The first kappa shape index (κ1) is 16.6. The molecule has 124 valence electrons. The number of aliphatic carboxylic acids is 1. The van der Waals surface area contributed by atoms with Gasteiger partial charge in [0.05, 0.1) is 23.8 Å². The maximum atomic E-state index is 12.3. The van der Waals surface area contributed by atoms with E-state index >= 15 is 0 Å². The molecule has 0 bridgehead atoms. The fraction of sp³-hybridized carbons (Fsp3) is 0.462. The van der Waals surface area contributed by atoms with E-state index in [0.29, 0.717) is 0 Å². The van der Waals surface area contributed by atoms with E-state index < -0.39 is 41.1 Å². The minimum absolute atomic E-state index is 0.137. The SMILES string of the molecule is C[C@@H]1CN(C(=O)Cn2cc([N+](=O)[O-])ccc2=O)CC(C(=O)O)O1. The number of hydrogen-bond acceptors (Lipinski definition) is 6. The van der Waals surface area contributed by atoms with Gasteiger partial charge in [-0.15, -0.1) is 0 Å². The first-order valence-corrected chi connectivity index (χ1v) is 6.79. The van der Waals surface area contributed by atoms with Gasteiger partial charge in [0.15, 0.2) is 6.10 Å². The molecular formula is C13H15N3O7. The van der Waals surface area contributed by atoms with Gasteiger partial charge in [0.25, 0.3) is 11.2 Å². The summed E-state index contributed by atoms with van der Waals surface area (Å²) in [6.07, 6.45) is -0.612. The molecule has 1 aliphatic rings. The number of carbonyl (C=O) groups is 2. The number of nitro groups is 1. The summed E-state index contributed by atoms with van der Waals surface area (Å²) in [5.41, 5.74) is -0.865. The Morgan fingerprint density at radius 3 is 2.74 bits per heavy atom. The summed E-state index contributed by atoms with van der Waals surface area (Å²) in [6.45, 7) is 1.28. The van der Waals surface area contributed by atoms with E-state index in [4.69, 9.17) is 9.84 Å². The minimum atomic E-state index is -1.18. The number of pyridine rings is 1. The van der Waals surface area contributed by atoms with Crippen LogP contribution in [0, 0.1) is 10.1 Å². The van der Waals surface area contributed by atoms with E-state index in [1.54, 1.807) is 6.92 Å². The Labute approximate surface area is 130 Å². The van der Waals surface area contributed by atoms with E-state index in [0.717, 1.165) is 22.9 Å². The van der Waals surface area contributed by atoms with Crippen LogP contribution in [0.3, 0.4) is 0 Å². The molecule has 1 aliphatic heterocycles. The van der Waals surface area contributed by atoms with Gasteiger partial charge in [0, 0.05) is 18.7 Å². The van der Waals surface area contributed by atoms with E-state index in [1.807, 2.05) is 0 Å². The van der Waals surface area contributed by atoms with E-state index in [9.17, 15) is 24.5 Å². The lowest BCUT2D eigenvalue weighted by Crippen LogP contribution is -2.52. The molecule has 23 heavy (non-hydrogen) atoms. The smallest absolute Gasteiger partial charge is 0.334 e. The predicted octanol–water partition coefficient (Wildman–Crippen LogP) is -0.543. The molecule has 1 fully saturated rings. The zero-order valence-corrected chi connectivity index (χ0v) is 12.2. The molecular weight excluding hydrogens is 310 g/mol. The molecule has 10 nitrogen and oxygen atoms in total. The number of nitrogens with zero attached hydrogens (tertiary/aromatic N) is 3. The number of carboxylic acid groups (broad SMARTS) is 1. The third-order valence-electron chi connectivity index (χ3n) is 3.37. The summed E-state index contributed by atoms with van der Waals surface area (Å²) in [5, 5.41) is 19.7. The van der Waals surface area contributed by atoms with E-state index in [-0.39, 0.29) is 18.8 Å². The predicted molar refractivity (Wildman–Crippen MR) is 75.9 cm³/mol. The van der Waals surface area contributed by atoms with Gasteiger partial charge in [-0.05, 0) is 6.92 Å². The molecule has 1 amide bonds. The third kappa shape index (κ3) is 3.92. The van der Waals surface area contributed by atoms with Gasteiger partial charge >= 0.3 is 5.97 Å². The Balaban J connectivity index is 2.15. The Kier molecular flexibility index (Phi) is 4.74. The van der Waals surface area contributed by atoms with Crippen molar-refractivity contribution in [2.24, 2.45) is 0 Å². The van der Waals surface area contributed by atoms with Crippen molar-refractivity contribution in [2.45, 2.75) is 25.7 Å². The zero-order chi connectivity index (χ0) is 17.1. The average Bonchev–Trinajstić information content (AvgIpc) is 2.48. The summed E-state index contributed by atoms with van der Waals surface area (Å²) < 4.78 is 6.13. The molecule has 1 N–H and O–H groups in total. The molecule has 0 aromatic carbocycles. The van der Waals surface area contributed by atoms with Crippen LogP contribution in [0.5, 0.6) is 0 Å². The molecule has 1 saturated heterocycles. The highest BCUT2D eigenvalue weighted by molar-refractivity contribution is 5.78. The first-order valence-electron chi connectivity index (χ1n) is 6.79. The second-order valence-corrected chi connectivity index (χ2v) is 5.18. The molecule has 1 aromatic heterocycles. The number of aromatic nitrogens is 1. The lowest BCUT2D eigenvalue weighted by atomic mass is 10.2. The molecule has 0 aliphatic carbocycles. The van der Waals surface area contributed by atoms with Gasteiger partial charge in [0.1, 0.15) is 6.54 Å². The minimum Gasteiger partial charge on any atom is -0.479 e. The summed E-state index contributed by atoms with van der Waals surface area (Å²) in [5.74, 6) is -1.68. The quantitative estimate of drug-likeness (QED) is 0.580. The topological polar surface area (TPSA) is 132 Å². The number of hydrogen-bond donors (Lipinski definition) is 1. The molecule has 1 aromatic rings. The van der Waals surface area contributed by atoms with Crippen LogP contribution < -0.4 is 5.56 Å². The maximum absolute atomic E-state index is 12.3. The Bertz CT molecular complexity index is 699. The van der Waals surface area contributed by atoms with Crippen LogP contribution >= 0.6 is 0 Å². The van der Waals surface area contributed by atoms with Gasteiger partial charge in [-0.25, -0.2) is 4.79 Å². The lowest BCUT2D eigenvalue weighted by Gasteiger charge is -2.35. The highest BCUT2D eigenvalue weighted by Gasteiger charge is 2.32. The summed E-state index contributed by atoms with van der Waals surface area (Å²) >= 11 is 0. The third-order valence-corrected chi connectivity index (χ3v) is 3.37. The summed E-state index contributed by atoms with van der Waals surface area (Å²) in [4.78, 5) is 46.3. The Morgan fingerprint density at radius 1 is 1.43 bits per heavy atom. The average molecular weight is 325 g/mol. The zero-order valence-electron chi connectivity index (χ0n) is 12.2. The number of carboxylic acids is 1. The van der Waals surface area contributed by atoms with Crippen LogP contribution in [0.25, 0.3) is 0 Å². The van der Waals surface area contributed by atoms with Crippen LogP contribution in [-0.4, -0.2) is 56.7 Å². The highest BCUT2D eigenvalue weighted by atomic mass is 16.6. The van der Waals surface area contributed by atoms with Crippen molar-refractivity contribution in [3.63, 3.8) is 0 Å².